The number of imidazole rings is 1. The van der Waals surface area contributed by atoms with Crippen LogP contribution in [0.4, 0.5) is 5.82 Å². The van der Waals surface area contributed by atoms with Gasteiger partial charge in [-0.25, -0.2) is 4.98 Å². The van der Waals surface area contributed by atoms with Crippen LogP contribution in [0.1, 0.15) is 43.9 Å². The van der Waals surface area contributed by atoms with Gasteiger partial charge in [0.2, 0.25) is 11.8 Å². The lowest BCUT2D eigenvalue weighted by Gasteiger charge is -2.24. The minimum atomic E-state index is -1.18. The number of nitrogens with zero attached hydrogens (tertiary/aromatic N) is 3. The Bertz CT molecular complexity index is 1250. The molecular weight excluding hydrogens is 496 g/mol. The van der Waals surface area contributed by atoms with Crippen LogP contribution in [-0.4, -0.2) is 63.4 Å². The van der Waals surface area contributed by atoms with Gasteiger partial charge in [-0.2, -0.15) is 0 Å². The molecule has 3 amide bonds. The average molecular weight is 533 g/mol. The van der Waals surface area contributed by atoms with Crippen molar-refractivity contribution in [3.05, 3.63) is 84.3 Å². The zero-order valence-electron chi connectivity index (χ0n) is 22.4. The molecule has 0 spiro atoms. The second kappa shape index (κ2) is 12.7. The van der Waals surface area contributed by atoms with E-state index in [0.717, 1.165) is 37.1 Å². The van der Waals surface area contributed by atoms with Gasteiger partial charge in [-0.3, -0.25) is 14.4 Å². The summed E-state index contributed by atoms with van der Waals surface area (Å²) in [6, 6.07) is 17.4. The third-order valence-electron chi connectivity index (χ3n) is 6.52. The fraction of sp³-hybridized carbons (Fsp3) is 0.379. The van der Waals surface area contributed by atoms with Crippen molar-refractivity contribution in [2.45, 2.75) is 50.9 Å². The molecule has 2 atom stereocenters. The van der Waals surface area contributed by atoms with Gasteiger partial charge in [0.1, 0.15) is 12.1 Å². The van der Waals surface area contributed by atoms with Crippen molar-refractivity contribution in [1.82, 2.24) is 19.8 Å². The minimum absolute atomic E-state index is 0.0152. The fourth-order valence-corrected chi connectivity index (χ4v) is 4.34. The molecule has 0 saturated carbocycles. The zero-order valence-corrected chi connectivity index (χ0v) is 22.4. The highest BCUT2D eigenvalue weighted by molar-refractivity contribution is 5.98. The smallest absolute Gasteiger partial charge is 0.250 e. The molecule has 0 aliphatic carbocycles. The normalized spacial score (nSPS) is 15.0. The molecule has 10 heteroatoms. The monoisotopic (exact) mass is 532 g/mol. The molecule has 4 rings (SSSR count). The molecule has 1 aliphatic heterocycles. The van der Waals surface area contributed by atoms with E-state index in [9.17, 15) is 14.4 Å². The Kier molecular flexibility index (Phi) is 9.11. The van der Waals surface area contributed by atoms with Crippen molar-refractivity contribution in [2.24, 2.45) is 5.73 Å². The van der Waals surface area contributed by atoms with Crippen LogP contribution < -0.4 is 16.4 Å². The first-order chi connectivity index (χ1) is 18.7. The van der Waals surface area contributed by atoms with Crippen LogP contribution >= 0.6 is 0 Å². The molecule has 1 aliphatic rings. The van der Waals surface area contributed by atoms with E-state index in [1.807, 2.05) is 65.6 Å². The number of likely N-dealkylation sites (tertiary alicyclic amines) is 1. The number of nitrogens with one attached hydrogen (secondary N) is 2. The quantitative estimate of drug-likeness (QED) is 0.348. The number of rotatable bonds is 11. The molecule has 0 bridgehead atoms. The number of carbonyl (C=O) groups is 3. The van der Waals surface area contributed by atoms with Crippen molar-refractivity contribution in [2.75, 3.05) is 25.0 Å². The number of nitrogens with two attached hydrogens (primary N) is 1. The minimum Gasteiger partial charge on any atom is -0.374 e. The number of aromatic nitrogens is 2. The van der Waals surface area contributed by atoms with Gasteiger partial charge in [-0.15, -0.1) is 0 Å². The van der Waals surface area contributed by atoms with Crippen molar-refractivity contribution in [3.63, 3.8) is 0 Å². The summed E-state index contributed by atoms with van der Waals surface area (Å²) in [5.74, 6) is -0.757. The number of amides is 3. The van der Waals surface area contributed by atoms with E-state index < -0.39 is 29.4 Å². The number of anilines is 1. The number of hydrogen-bond acceptors (Lipinski definition) is 6. The highest BCUT2D eigenvalue weighted by Crippen LogP contribution is 2.24. The van der Waals surface area contributed by atoms with Gasteiger partial charge in [0, 0.05) is 19.3 Å². The lowest BCUT2D eigenvalue weighted by molar-refractivity contribution is -0.132. The molecule has 0 radical (unpaired) electrons. The summed E-state index contributed by atoms with van der Waals surface area (Å²) in [7, 11) is 0. The van der Waals surface area contributed by atoms with Gasteiger partial charge >= 0.3 is 0 Å². The molecular formula is C29H36N6O4. The Hall–Kier alpha value is -4.02. The van der Waals surface area contributed by atoms with E-state index in [1.54, 1.807) is 24.6 Å². The Morgan fingerprint density at radius 2 is 1.67 bits per heavy atom. The third kappa shape index (κ3) is 7.52. The molecule has 2 aromatic carbocycles. The summed E-state index contributed by atoms with van der Waals surface area (Å²) in [4.78, 5) is 45.5. The number of carbonyl (C=O) groups excluding carboxylic acids is 3. The molecule has 2 unspecified atom stereocenters. The molecule has 1 fully saturated rings. The van der Waals surface area contributed by atoms with Gasteiger partial charge < -0.3 is 30.6 Å². The standard InChI is InChI=1S/C29H36N6O4/c1-29(2,30)28(38)32-23(19-39-18-21-11-5-3-6-12-21)26(36)33-24-17-35(20-31-24)25(22-13-7-4-8-14-22)27(37)34-15-9-10-16-34/h3-8,11-14,17,20,23,25H,9-10,15-16,18-19,30H2,1-2H3,(H,32,38)(H,33,36). The van der Waals surface area contributed by atoms with E-state index in [0.29, 0.717) is 0 Å². The summed E-state index contributed by atoms with van der Waals surface area (Å²) in [6.45, 7) is 4.78. The van der Waals surface area contributed by atoms with Crippen LogP contribution in [0.3, 0.4) is 0 Å². The predicted octanol–water partition coefficient (Wildman–Crippen LogP) is 2.47. The molecule has 1 aromatic heterocycles. The highest BCUT2D eigenvalue weighted by Gasteiger charge is 2.31. The molecule has 39 heavy (non-hydrogen) atoms. The first-order valence-electron chi connectivity index (χ1n) is 13.1. The summed E-state index contributed by atoms with van der Waals surface area (Å²) >= 11 is 0. The van der Waals surface area contributed by atoms with Crippen LogP contribution in [0, 0.1) is 0 Å². The fourth-order valence-electron chi connectivity index (χ4n) is 4.34. The Morgan fingerprint density at radius 3 is 2.31 bits per heavy atom. The second-order valence-corrected chi connectivity index (χ2v) is 10.3. The molecule has 3 aromatic rings. The largest absolute Gasteiger partial charge is 0.374 e. The maximum absolute atomic E-state index is 13.5. The maximum atomic E-state index is 13.5. The van der Waals surface area contributed by atoms with Crippen molar-refractivity contribution >= 4 is 23.5 Å². The van der Waals surface area contributed by atoms with Crippen LogP contribution in [-0.2, 0) is 25.7 Å². The van der Waals surface area contributed by atoms with Crippen molar-refractivity contribution < 1.29 is 19.1 Å². The van der Waals surface area contributed by atoms with Crippen LogP contribution in [0.2, 0.25) is 0 Å². The van der Waals surface area contributed by atoms with E-state index in [4.69, 9.17) is 10.5 Å². The van der Waals surface area contributed by atoms with E-state index in [-0.39, 0.29) is 24.9 Å². The van der Waals surface area contributed by atoms with E-state index >= 15 is 0 Å². The van der Waals surface area contributed by atoms with Gasteiger partial charge in [0.15, 0.2) is 5.82 Å². The molecule has 2 heterocycles. The average Bonchev–Trinajstić information content (AvgIpc) is 3.62. The first-order valence-corrected chi connectivity index (χ1v) is 13.1. The molecule has 4 N–H and O–H groups in total. The Morgan fingerprint density at radius 1 is 1.03 bits per heavy atom. The molecule has 206 valence electrons. The number of benzene rings is 2. The van der Waals surface area contributed by atoms with E-state index in [2.05, 4.69) is 15.6 Å². The molecule has 10 nitrogen and oxygen atoms in total. The van der Waals surface area contributed by atoms with Gasteiger partial charge in [-0.1, -0.05) is 60.7 Å². The lowest BCUT2D eigenvalue weighted by Crippen LogP contribution is -2.56. The third-order valence-corrected chi connectivity index (χ3v) is 6.52. The summed E-state index contributed by atoms with van der Waals surface area (Å²) in [5, 5.41) is 5.43. The highest BCUT2D eigenvalue weighted by atomic mass is 16.5. The number of ether oxygens (including phenoxy) is 1. The zero-order chi connectivity index (χ0) is 27.8. The van der Waals surface area contributed by atoms with Gasteiger partial charge in [0.05, 0.1) is 25.1 Å². The first kappa shape index (κ1) is 28.0. The SMILES string of the molecule is CC(C)(N)C(=O)NC(COCc1ccccc1)C(=O)Nc1cn(C(C(=O)N2CCCC2)c2ccccc2)cn1. The van der Waals surface area contributed by atoms with E-state index in [1.165, 1.54) is 6.33 Å². The summed E-state index contributed by atoms with van der Waals surface area (Å²) in [5.41, 5.74) is 6.52. The van der Waals surface area contributed by atoms with Gasteiger partial charge in [0.25, 0.3) is 5.91 Å². The second-order valence-electron chi connectivity index (χ2n) is 10.3. The molecule has 1 saturated heterocycles. The lowest BCUT2D eigenvalue weighted by atomic mass is 10.1. The van der Waals surface area contributed by atoms with Gasteiger partial charge in [-0.05, 0) is 37.8 Å². The topological polar surface area (TPSA) is 132 Å². The summed E-state index contributed by atoms with van der Waals surface area (Å²) in [6.07, 6.45) is 5.12. The predicted molar refractivity (Wildman–Crippen MR) is 148 cm³/mol. The van der Waals surface area contributed by atoms with Crippen molar-refractivity contribution in [3.8, 4) is 0 Å². The summed E-state index contributed by atoms with van der Waals surface area (Å²) < 4.78 is 7.45. The van der Waals surface area contributed by atoms with Crippen LogP contribution in [0.15, 0.2) is 73.2 Å². The van der Waals surface area contributed by atoms with Crippen molar-refractivity contribution in [1.29, 1.82) is 0 Å². The van der Waals surface area contributed by atoms with Crippen LogP contribution in [0.25, 0.3) is 0 Å². The number of hydrogen-bond donors (Lipinski definition) is 3. The van der Waals surface area contributed by atoms with Crippen LogP contribution in [0.5, 0.6) is 0 Å². The maximum Gasteiger partial charge on any atom is 0.250 e. The Balaban J connectivity index is 1.48. The Labute approximate surface area is 228 Å².